The van der Waals surface area contributed by atoms with Gasteiger partial charge in [0.15, 0.2) is 0 Å². The van der Waals surface area contributed by atoms with E-state index in [1.54, 1.807) is 19.1 Å². The molecule has 90 valence electrons. The Morgan fingerprint density at radius 3 is 2.69 bits per heavy atom. The second kappa shape index (κ2) is 6.45. The summed E-state index contributed by atoms with van der Waals surface area (Å²) in [5, 5.41) is 0. The average Bonchev–Trinajstić information content (AvgIpc) is 2.22. The highest BCUT2D eigenvalue weighted by molar-refractivity contribution is 5.85. The summed E-state index contributed by atoms with van der Waals surface area (Å²) in [7, 11) is 1.29. The van der Waals surface area contributed by atoms with Crippen molar-refractivity contribution in [2.75, 3.05) is 7.11 Å². The predicted octanol–water partition coefficient (Wildman–Crippen LogP) is 1.60. The summed E-state index contributed by atoms with van der Waals surface area (Å²) in [6.07, 6.45) is 0.355. The van der Waals surface area contributed by atoms with Gasteiger partial charge in [-0.05, 0) is 30.5 Å². The second-order valence-corrected chi connectivity index (χ2v) is 3.42. The molecule has 0 saturated heterocycles. The summed E-state index contributed by atoms with van der Waals surface area (Å²) in [5.41, 5.74) is 6.95. The zero-order valence-electron chi connectivity index (χ0n) is 9.20. The van der Waals surface area contributed by atoms with Gasteiger partial charge in [-0.1, -0.05) is 12.1 Å². The number of hydrogen-bond donors (Lipinski definition) is 1. The molecule has 0 bridgehead atoms. The van der Waals surface area contributed by atoms with E-state index >= 15 is 0 Å². The smallest absolute Gasteiger partial charge is 0.322 e. The summed E-state index contributed by atoms with van der Waals surface area (Å²) in [4.78, 5) is 11.0. The number of aryl methyl sites for hydroxylation is 1. The molecule has 0 saturated carbocycles. The zero-order valence-corrected chi connectivity index (χ0v) is 10.0. The highest BCUT2D eigenvalue weighted by Gasteiger charge is 2.14. The van der Waals surface area contributed by atoms with Gasteiger partial charge in [-0.2, -0.15) is 0 Å². The van der Waals surface area contributed by atoms with Crippen molar-refractivity contribution in [3.05, 3.63) is 35.1 Å². The SMILES string of the molecule is COC(=O)[C@@H](N)Cc1ccc(F)c(C)c1.Cl. The standard InChI is InChI=1S/C11H14FNO2.ClH/c1-7-5-8(3-4-9(7)12)6-10(13)11(14)15-2;/h3-5,10H,6,13H2,1-2H3;1H/t10-;/m0./s1. The normalized spacial score (nSPS) is 11.5. The molecule has 0 fully saturated rings. The molecule has 3 nitrogen and oxygen atoms in total. The molecule has 0 unspecified atom stereocenters. The minimum Gasteiger partial charge on any atom is -0.468 e. The topological polar surface area (TPSA) is 52.3 Å². The zero-order chi connectivity index (χ0) is 11.4. The van der Waals surface area contributed by atoms with Gasteiger partial charge < -0.3 is 10.5 Å². The van der Waals surface area contributed by atoms with E-state index in [1.165, 1.54) is 13.2 Å². The lowest BCUT2D eigenvalue weighted by atomic mass is 10.0. The maximum absolute atomic E-state index is 12.9. The van der Waals surface area contributed by atoms with Gasteiger partial charge in [-0.15, -0.1) is 12.4 Å². The molecule has 2 N–H and O–H groups in total. The van der Waals surface area contributed by atoms with Crippen molar-refractivity contribution in [2.24, 2.45) is 5.73 Å². The molecule has 1 atom stereocenters. The number of ether oxygens (including phenoxy) is 1. The number of carbonyl (C=O) groups excluding carboxylic acids is 1. The summed E-state index contributed by atoms with van der Waals surface area (Å²) in [6, 6.07) is 3.97. The maximum Gasteiger partial charge on any atom is 0.322 e. The van der Waals surface area contributed by atoms with Crippen LogP contribution in [0.5, 0.6) is 0 Å². The van der Waals surface area contributed by atoms with E-state index in [-0.39, 0.29) is 18.2 Å². The lowest BCUT2D eigenvalue weighted by Crippen LogP contribution is -2.33. The van der Waals surface area contributed by atoms with Gasteiger partial charge in [-0.3, -0.25) is 4.79 Å². The molecule has 0 radical (unpaired) electrons. The first-order valence-electron chi connectivity index (χ1n) is 4.63. The molecule has 16 heavy (non-hydrogen) atoms. The summed E-state index contributed by atoms with van der Waals surface area (Å²) < 4.78 is 17.4. The average molecular weight is 248 g/mol. The quantitative estimate of drug-likeness (QED) is 0.826. The van der Waals surface area contributed by atoms with Gasteiger partial charge in [0.25, 0.3) is 0 Å². The van der Waals surface area contributed by atoms with E-state index in [0.29, 0.717) is 12.0 Å². The molecule has 1 rings (SSSR count). The number of esters is 1. The van der Waals surface area contributed by atoms with E-state index in [4.69, 9.17) is 5.73 Å². The minimum absolute atomic E-state index is 0. The van der Waals surface area contributed by atoms with Crippen molar-refractivity contribution in [1.82, 2.24) is 0 Å². The number of methoxy groups -OCH3 is 1. The summed E-state index contributed by atoms with van der Waals surface area (Å²) in [5.74, 6) is -0.720. The Kier molecular flexibility index (Phi) is 6.00. The molecule has 1 aromatic carbocycles. The Balaban J connectivity index is 0.00000225. The number of carbonyl (C=O) groups is 1. The molecule has 0 aromatic heterocycles. The summed E-state index contributed by atoms with van der Waals surface area (Å²) in [6.45, 7) is 1.67. The molecule has 0 aliphatic rings. The molecule has 1 aromatic rings. The van der Waals surface area contributed by atoms with E-state index in [9.17, 15) is 9.18 Å². The van der Waals surface area contributed by atoms with E-state index in [2.05, 4.69) is 4.74 Å². The fourth-order valence-corrected chi connectivity index (χ4v) is 1.32. The molecule has 0 spiro atoms. The van der Waals surface area contributed by atoms with E-state index in [1.807, 2.05) is 0 Å². The van der Waals surface area contributed by atoms with Crippen molar-refractivity contribution in [2.45, 2.75) is 19.4 Å². The number of rotatable bonds is 3. The van der Waals surface area contributed by atoms with E-state index < -0.39 is 12.0 Å². The van der Waals surface area contributed by atoms with Crippen LogP contribution in [0.1, 0.15) is 11.1 Å². The van der Waals surface area contributed by atoms with Gasteiger partial charge in [0.05, 0.1) is 7.11 Å². The molecule has 0 heterocycles. The van der Waals surface area contributed by atoms with Crippen LogP contribution in [0.15, 0.2) is 18.2 Å². The third-order valence-electron chi connectivity index (χ3n) is 2.18. The van der Waals surface area contributed by atoms with Crippen LogP contribution in [-0.4, -0.2) is 19.1 Å². The Bertz CT molecular complexity index is 371. The van der Waals surface area contributed by atoms with Crippen molar-refractivity contribution in [3.63, 3.8) is 0 Å². The van der Waals surface area contributed by atoms with Gasteiger partial charge >= 0.3 is 5.97 Å². The van der Waals surface area contributed by atoms with Crippen LogP contribution >= 0.6 is 12.4 Å². The lowest BCUT2D eigenvalue weighted by Gasteiger charge is -2.09. The minimum atomic E-state index is -0.695. The largest absolute Gasteiger partial charge is 0.468 e. The molecule has 0 aliphatic carbocycles. The molecule has 5 heteroatoms. The third kappa shape index (κ3) is 3.79. The van der Waals surface area contributed by atoms with Crippen LogP contribution in [0.25, 0.3) is 0 Å². The molecule has 0 amide bonds. The second-order valence-electron chi connectivity index (χ2n) is 3.42. The van der Waals surface area contributed by atoms with Crippen molar-refractivity contribution in [3.8, 4) is 0 Å². The third-order valence-corrected chi connectivity index (χ3v) is 2.18. The molecular formula is C11H15ClFNO2. The van der Waals surface area contributed by atoms with Crippen LogP contribution in [0.3, 0.4) is 0 Å². The first-order valence-corrected chi connectivity index (χ1v) is 4.63. The van der Waals surface area contributed by atoms with Crippen molar-refractivity contribution in [1.29, 1.82) is 0 Å². The Morgan fingerprint density at radius 1 is 1.56 bits per heavy atom. The van der Waals surface area contributed by atoms with Crippen molar-refractivity contribution < 1.29 is 13.9 Å². The number of nitrogens with two attached hydrogens (primary N) is 1. The van der Waals surface area contributed by atoms with Crippen LogP contribution in [0.4, 0.5) is 4.39 Å². The van der Waals surface area contributed by atoms with Crippen LogP contribution in [-0.2, 0) is 16.0 Å². The van der Waals surface area contributed by atoms with Gasteiger partial charge in [0.1, 0.15) is 11.9 Å². The first kappa shape index (κ1) is 14.9. The highest BCUT2D eigenvalue weighted by Crippen LogP contribution is 2.10. The van der Waals surface area contributed by atoms with Crippen molar-refractivity contribution >= 4 is 18.4 Å². The first-order chi connectivity index (χ1) is 7.04. The highest BCUT2D eigenvalue weighted by atomic mass is 35.5. The van der Waals surface area contributed by atoms with Crippen LogP contribution < -0.4 is 5.73 Å². The van der Waals surface area contributed by atoms with Crippen LogP contribution in [0, 0.1) is 12.7 Å². The fraction of sp³-hybridized carbons (Fsp3) is 0.364. The van der Waals surface area contributed by atoms with E-state index in [0.717, 1.165) is 5.56 Å². The van der Waals surface area contributed by atoms with Gasteiger partial charge in [-0.25, -0.2) is 4.39 Å². The fourth-order valence-electron chi connectivity index (χ4n) is 1.32. The predicted molar refractivity (Wildman–Crippen MR) is 62.1 cm³/mol. The Labute approximate surface area is 100 Å². The Morgan fingerprint density at radius 2 is 2.19 bits per heavy atom. The molecule has 0 aliphatic heterocycles. The Hall–Kier alpha value is -1.13. The number of halogens is 2. The van der Waals surface area contributed by atoms with Gasteiger partial charge in [0.2, 0.25) is 0 Å². The summed E-state index contributed by atoms with van der Waals surface area (Å²) >= 11 is 0. The maximum atomic E-state index is 12.9. The van der Waals surface area contributed by atoms with Crippen LogP contribution in [0.2, 0.25) is 0 Å². The number of benzene rings is 1. The number of hydrogen-bond acceptors (Lipinski definition) is 3. The monoisotopic (exact) mass is 247 g/mol. The lowest BCUT2D eigenvalue weighted by molar-refractivity contribution is -0.142. The molecular weight excluding hydrogens is 233 g/mol. The van der Waals surface area contributed by atoms with Gasteiger partial charge in [0, 0.05) is 0 Å².